The number of amides is 1. The Morgan fingerprint density at radius 3 is 2.94 bits per heavy atom. The lowest BCUT2D eigenvalue weighted by atomic mass is 10.2. The van der Waals surface area contributed by atoms with Gasteiger partial charge < -0.3 is 20.3 Å². The minimum atomic E-state index is 0.0322. The molecule has 1 fully saturated rings. The number of hydrogen-bond donors (Lipinski definition) is 2. The fourth-order valence-corrected chi connectivity index (χ4v) is 1.82. The van der Waals surface area contributed by atoms with Crippen molar-refractivity contribution in [3.8, 4) is 0 Å². The van der Waals surface area contributed by atoms with Crippen LogP contribution < -0.4 is 10.6 Å². The largest absolute Gasteiger partial charge is 0.375 e. The molecule has 0 radical (unpaired) electrons. The quantitative estimate of drug-likeness (QED) is 0.679. The van der Waals surface area contributed by atoms with Crippen molar-refractivity contribution in [3.05, 3.63) is 0 Å². The maximum absolute atomic E-state index is 11.7. The Balaban J connectivity index is 2.14. The molecule has 1 rings (SSSR count). The zero-order valence-electron chi connectivity index (χ0n) is 11.2. The SMILES string of the molecule is CC(CCN(C)C)NC(=O)CC1CNCCO1. The van der Waals surface area contributed by atoms with Crippen LogP contribution in [-0.2, 0) is 9.53 Å². The number of hydrogen-bond acceptors (Lipinski definition) is 4. The number of nitrogens with one attached hydrogen (secondary N) is 2. The van der Waals surface area contributed by atoms with E-state index in [2.05, 4.69) is 15.5 Å². The lowest BCUT2D eigenvalue weighted by Crippen LogP contribution is -2.43. The van der Waals surface area contributed by atoms with Gasteiger partial charge in [-0.1, -0.05) is 0 Å². The summed E-state index contributed by atoms with van der Waals surface area (Å²) in [7, 11) is 4.08. The summed E-state index contributed by atoms with van der Waals surface area (Å²) in [5.41, 5.74) is 0. The average molecular weight is 243 g/mol. The minimum absolute atomic E-state index is 0.0322. The molecule has 0 aromatic carbocycles. The third-order valence-electron chi connectivity index (χ3n) is 2.83. The van der Waals surface area contributed by atoms with Gasteiger partial charge in [0.05, 0.1) is 19.1 Å². The van der Waals surface area contributed by atoms with Crippen molar-refractivity contribution in [1.29, 1.82) is 0 Å². The van der Waals surface area contributed by atoms with E-state index in [1.165, 1.54) is 0 Å². The zero-order valence-corrected chi connectivity index (χ0v) is 11.2. The van der Waals surface area contributed by atoms with Gasteiger partial charge in [0.1, 0.15) is 0 Å². The number of ether oxygens (including phenoxy) is 1. The molecule has 2 atom stereocenters. The van der Waals surface area contributed by atoms with Crippen molar-refractivity contribution in [2.45, 2.75) is 31.9 Å². The zero-order chi connectivity index (χ0) is 12.7. The molecular weight excluding hydrogens is 218 g/mol. The number of carbonyl (C=O) groups is 1. The van der Waals surface area contributed by atoms with Crippen molar-refractivity contribution >= 4 is 5.91 Å². The third kappa shape index (κ3) is 6.61. The summed E-state index contributed by atoms with van der Waals surface area (Å²) in [5.74, 6) is 0.0879. The predicted octanol–water partition coefficient (Wildman–Crippen LogP) is -0.179. The van der Waals surface area contributed by atoms with E-state index in [0.29, 0.717) is 13.0 Å². The van der Waals surface area contributed by atoms with Gasteiger partial charge in [-0.15, -0.1) is 0 Å². The van der Waals surface area contributed by atoms with Gasteiger partial charge in [0, 0.05) is 19.1 Å². The maximum Gasteiger partial charge on any atom is 0.222 e. The Hall–Kier alpha value is -0.650. The fraction of sp³-hybridized carbons (Fsp3) is 0.917. The average Bonchev–Trinajstić information content (AvgIpc) is 2.27. The summed E-state index contributed by atoms with van der Waals surface area (Å²) < 4.78 is 5.50. The summed E-state index contributed by atoms with van der Waals surface area (Å²) in [6.07, 6.45) is 1.46. The topological polar surface area (TPSA) is 53.6 Å². The van der Waals surface area contributed by atoms with E-state index in [9.17, 15) is 4.79 Å². The molecule has 1 saturated heterocycles. The summed E-state index contributed by atoms with van der Waals surface area (Å²) in [5, 5.41) is 6.23. The molecule has 0 aromatic rings. The molecule has 0 saturated carbocycles. The highest BCUT2D eigenvalue weighted by Crippen LogP contribution is 2.02. The van der Waals surface area contributed by atoms with Gasteiger partial charge in [-0.25, -0.2) is 0 Å². The van der Waals surface area contributed by atoms with Crippen LogP contribution in [0.4, 0.5) is 0 Å². The van der Waals surface area contributed by atoms with Gasteiger partial charge in [-0.3, -0.25) is 4.79 Å². The normalized spacial score (nSPS) is 22.5. The van der Waals surface area contributed by atoms with E-state index in [1.807, 2.05) is 21.0 Å². The van der Waals surface area contributed by atoms with Gasteiger partial charge in [-0.2, -0.15) is 0 Å². The van der Waals surface area contributed by atoms with Crippen LogP contribution >= 0.6 is 0 Å². The highest BCUT2D eigenvalue weighted by Gasteiger charge is 2.18. The lowest BCUT2D eigenvalue weighted by molar-refractivity contribution is -0.125. The molecule has 17 heavy (non-hydrogen) atoms. The second-order valence-electron chi connectivity index (χ2n) is 4.96. The first-order valence-corrected chi connectivity index (χ1v) is 6.34. The summed E-state index contributed by atoms with van der Waals surface area (Å²) in [6.45, 7) is 5.40. The van der Waals surface area contributed by atoms with E-state index < -0.39 is 0 Å². The van der Waals surface area contributed by atoms with E-state index in [-0.39, 0.29) is 18.1 Å². The number of carbonyl (C=O) groups excluding carboxylic acids is 1. The molecular formula is C12H25N3O2. The van der Waals surface area contributed by atoms with Crippen LogP contribution in [-0.4, -0.2) is 63.3 Å². The molecule has 0 spiro atoms. The minimum Gasteiger partial charge on any atom is -0.375 e. The Morgan fingerprint density at radius 2 is 2.35 bits per heavy atom. The van der Waals surface area contributed by atoms with Gasteiger partial charge in [-0.05, 0) is 34.0 Å². The molecule has 2 N–H and O–H groups in total. The van der Waals surface area contributed by atoms with Gasteiger partial charge in [0.15, 0.2) is 0 Å². The standard InChI is InChI=1S/C12H25N3O2/c1-10(4-6-15(2)3)14-12(16)8-11-9-13-5-7-17-11/h10-11,13H,4-9H2,1-3H3,(H,14,16). The van der Waals surface area contributed by atoms with Crippen molar-refractivity contribution in [3.63, 3.8) is 0 Å². The molecule has 1 amide bonds. The van der Waals surface area contributed by atoms with Gasteiger partial charge in [0.2, 0.25) is 5.91 Å². The molecule has 100 valence electrons. The molecule has 2 unspecified atom stereocenters. The van der Waals surface area contributed by atoms with Crippen LogP contribution in [0.15, 0.2) is 0 Å². The lowest BCUT2D eigenvalue weighted by Gasteiger charge is -2.24. The molecule has 5 heteroatoms. The predicted molar refractivity (Wildman–Crippen MR) is 68.0 cm³/mol. The molecule has 0 aliphatic carbocycles. The first kappa shape index (κ1) is 14.4. The Labute approximate surface area is 104 Å². The summed E-state index contributed by atoms with van der Waals surface area (Å²) in [6, 6.07) is 0.224. The van der Waals surface area contributed by atoms with Gasteiger partial charge >= 0.3 is 0 Å². The van der Waals surface area contributed by atoms with Crippen molar-refractivity contribution < 1.29 is 9.53 Å². The molecule has 1 heterocycles. The van der Waals surface area contributed by atoms with Crippen molar-refractivity contribution in [2.75, 3.05) is 40.3 Å². The van der Waals surface area contributed by atoms with E-state index in [1.54, 1.807) is 0 Å². The van der Waals surface area contributed by atoms with E-state index in [4.69, 9.17) is 4.74 Å². The number of morpholine rings is 1. The maximum atomic E-state index is 11.7. The Morgan fingerprint density at radius 1 is 1.59 bits per heavy atom. The molecule has 0 aromatic heterocycles. The third-order valence-corrected chi connectivity index (χ3v) is 2.83. The van der Waals surface area contributed by atoms with Crippen LogP contribution in [0.5, 0.6) is 0 Å². The highest BCUT2D eigenvalue weighted by molar-refractivity contribution is 5.76. The van der Waals surface area contributed by atoms with Crippen LogP contribution in [0.1, 0.15) is 19.8 Å². The number of rotatable bonds is 6. The van der Waals surface area contributed by atoms with Crippen LogP contribution in [0.2, 0.25) is 0 Å². The number of nitrogens with zero attached hydrogens (tertiary/aromatic N) is 1. The summed E-state index contributed by atoms with van der Waals surface area (Å²) in [4.78, 5) is 13.9. The first-order chi connectivity index (χ1) is 8.08. The summed E-state index contributed by atoms with van der Waals surface area (Å²) >= 11 is 0. The fourth-order valence-electron chi connectivity index (χ4n) is 1.82. The Bertz CT molecular complexity index is 228. The van der Waals surface area contributed by atoms with Gasteiger partial charge in [0.25, 0.3) is 0 Å². The highest BCUT2D eigenvalue weighted by atomic mass is 16.5. The molecule has 1 aliphatic heterocycles. The van der Waals surface area contributed by atoms with Crippen molar-refractivity contribution in [1.82, 2.24) is 15.5 Å². The van der Waals surface area contributed by atoms with E-state index >= 15 is 0 Å². The second kappa shape index (κ2) is 7.63. The second-order valence-corrected chi connectivity index (χ2v) is 4.96. The smallest absolute Gasteiger partial charge is 0.222 e. The molecule has 0 bridgehead atoms. The van der Waals surface area contributed by atoms with Crippen molar-refractivity contribution in [2.24, 2.45) is 0 Å². The van der Waals surface area contributed by atoms with Crippen LogP contribution in [0, 0.1) is 0 Å². The monoisotopic (exact) mass is 243 g/mol. The Kier molecular flexibility index (Phi) is 6.47. The van der Waals surface area contributed by atoms with E-state index in [0.717, 1.165) is 26.1 Å². The molecule has 1 aliphatic rings. The molecule has 5 nitrogen and oxygen atoms in total. The van der Waals surface area contributed by atoms with Crippen LogP contribution in [0.25, 0.3) is 0 Å². The van der Waals surface area contributed by atoms with Crippen LogP contribution in [0.3, 0.4) is 0 Å². The first-order valence-electron chi connectivity index (χ1n) is 6.34.